The zero-order valence-electron chi connectivity index (χ0n) is 17.0. The predicted octanol–water partition coefficient (Wildman–Crippen LogP) is 3.08. The van der Waals surface area contributed by atoms with Gasteiger partial charge in [0.15, 0.2) is 6.19 Å². The maximum Gasteiger partial charge on any atom is 0.251 e. The summed E-state index contributed by atoms with van der Waals surface area (Å²) in [5.41, 5.74) is 1.46. The number of halogens is 1. The number of rotatable bonds is 5. The summed E-state index contributed by atoms with van der Waals surface area (Å²) in [5, 5.41) is 17.7. The molecule has 0 atom stereocenters. The Hall–Kier alpha value is -3.40. The number of hydrogen-bond donors (Lipinski definition) is 3. The van der Waals surface area contributed by atoms with Crippen LogP contribution in [-0.2, 0) is 5.41 Å². The highest BCUT2D eigenvalue weighted by Gasteiger charge is 2.37. The average Bonchev–Trinajstić information content (AvgIpc) is 2.79. The lowest BCUT2D eigenvalue weighted by Crippen LogP contribution is -2.49. The molecule has 1 aliphatic rings. The third-order valence-electron chi connectivity index (χ3n) is 5.76. The molecule has 1 amide bonds. The summed E-state index contributed by atoms with van der Waals surface area (Å²) < 4.78 is 13.1. The van der Waals surface area contributed by atoms with E-state index in [0.29, 0.717) is 18.1 Å². The van der Waals surface area contributed by atoms with Crippen molar-refractivity contribution < 1.29 is 9.18 Å². The zero-order chi connectivity index (χ0) is 21.4. The van der Waals surface area contributed by atoms with E-state index in [0.717, 1.165) is 25.7 Å². The summed E-state index contributed by atoms with van der Waals surface area (Å²) in [6.45, 7) is 0.505. The number of carbonyl (C=O) groups excluding carboxylic acids is 1. The van der Waals surface area contributed by atoms with Crippen molar-refractivity contribution in [2.45, 2.75) is 37.1 Å². The van der Waals surface area contributed by atoms with Gasteiger partial charge in [0.2, 0.25) is 5.96 Å². The van der Waals surface area contributed by atoms with Crippen molar-refractivity contribution in [1.82, 2.24) is 16.0 Å². The van der Waals surface area contributed by atoms with Crippen molar-refractivity contribution in [2.24, 2.45) is 4.99 Å². The van der Waals surface area contributed by atoms with Gasteiger partial charge < -0.3 is 10.6 Å². The van der Waals surface area contributed by atoms with Crippen molar-refractivity contribution in [3.05, 3.63) is 71.5 Å². The van der Waals surface area contributed by atoms with Gasteiger partial charge in [-0.25, -0.2) is 4.39 Å². The Morgan fingerprint density at radius 3 is 2.43 bits per heavy atom. The van der Waals surface area contributed by atoms with Crippen molar-refractivity contribution in [2.75, 3.05) is 13.6 Å². The molecule has 2 aromatic rings. The number of carbonyl (C=O) groups is 1. The van der Waals surface area contributed by atoms with E-state index in [1.807, 2.05) is 24.4 Å². The first-order valence-electron chi connectivity index (χ1n) is 10.0. The summed E-state index contributed by atoms with van der Waals surface area (Å²) in [7, 11) is 1.63. The largest absolute Gasteiger partial charge is 0.353 e. The fourth-order valence-corrected chi connectivity index (χ4v) is 4.03. The van der Waals surface area contributed by atoms with Gasteiger partial charge in [-0.15, -0.1) is 0 Å². The quantitative estimate of drug-likeness (QED) is 0.308. The van der Waals surface area contributed by atoms with Gasteiger partial charge in [0.25, 0.3) is 5.91 Å². The lowest BCUT2D eigenvalue weighted by molar-refractivity contribution is 0.0935. The number of amides is 1. The van der Waals surface area contributed by atoms with Crippen molar-refractivity contribution in [3.63, 3.8) is 0 Å². The van der Waals surface area contributed by atoms with Crippen molar-refractivity contribution >= 4 is 11.9 Å². The van der Waals surface area contributed by atoms with Crippen LogP contribution in [0.25, 0.3) is 0 Å². The molecule has 1 saturated carbocycles. The summed E-state index contributed by atoms with van der Waals surface area (Å²) >= 11 is 0. The number of hydrogen-bond acceptors (Lipinski definition) is 3. The molecule has 1 aliphatic carbocycles. The minimum absolute atomic E-state index is 0.179. The maximum absolute atomic E-state index is 13.1. The van der Waals surface area contributed by atoms with E-state index < -0.39 is 0 Å². The molecule has 0 unspecified atom stereocenters. The molecule has 0 spiro atoms. The molecular weight excluding hydrogens is 381 g/mol. The Labute approximate surface area is 176 Å². The highest BCUT2D eigenvalue weighted by Crippen LogP contribution is 2.39. The van der Waals surface area contributed by atoms with Crippen LogP contribution in [0.4, 0.5) is 4.39 Å². The standard InChI is InChI=1S/C23H26FN5O/c1-26-22(28-16-25)29-20-11-13-23(14-12-20,18-5-3-2-4-6-18)15-27-21(30)17-7-9-19(24)10-8-17/h2-10,20H,11-15H2,1H3,(H,27,30)(H2,26,28,29). The smallest absolute Gasteiger partial charge is 0.251 e. The van der Waals surface area contributed by atoms with Crippen LogP contribution < -0.4 is 16.0 Å². The number of nitrogens with zero attached hydrogens (tertiary/aromatic N) is 2. The number of aliphatic imine (C=N–C) groups is 1. The first-order chi connectivity index (χ1) is 14.6. The van der Waals surface area contributed by atoms with Gasteiger partial charge in [-0.05, 0) is 55.5 Å². The van der Waals surface area contributed by atoms with Gasteiger partial charge in [-0.2, -0.15) is 5.26 Å². The first kappa shape index (κ1) is 21.3. The Kier molecular flexibility index (Phi) is 7.02. The topological polar surface area (TPSA) is 89.3 Å². The third-order valence-corrected chi connectivity index (χ3v) is 5.76. The van der Waals surface area contributed by atoms with Crippen LogP contribution in [-0.4, -0.2) is 31.5 Å². The highest BCUT2D eigenvalue weighted by molar-refractivity contribution is 5.94. The molecule has 3 rings (SSSR count). The minimum atomic E-state index is -0.362. The van der Waals surface area contributed by atoms with Crippen LogP contribution >= 0.6 is 0 Å². The predicted molar refractivity (Wildman–Crippen MR) is 114 cm³/mol. The van der Waals surface area contributed by atoms with Crippen molar-refractivity contribution in [3.8, 4) is 6.19 Å². The molecule has 0 heterocycles. The van der Waals surface area contributed by atoms with Gasteiger partial charge in [-0.1, -0.05) is 30.3 Å². The SMILES string of the molecule is CN=C(NC#N)NC1CCC(CNC(=O)c2ccc(F)cc2)(c2ccccc2)CC1. The molecule has 6 nitrogen and oxygen atoms in total. The second-order valence-corrected chi connectivity index (χ2v) is 7.56. The van der Waals surface area contributed by atoms with E-state index in [1.165, 1.54) is 29.8 Å². The summed E-state index contributed by atoms with van der Waals surface area (Å²) in [4.78, 5) is 16.6. The van der Waals surface area contributed by atoms with Crippen LogP contribution in [0.5, 0.6) is 0 Å². The second-order valence-electron chi connectivity index (χ2n) is 7.56. The second kappa shape index (κ2) is 9.88. The number of benzene rings is 2. The Bertz CT molecular complexity index is 913. The van der Waals surface area contributed by atoms with Crippen LogP contribution in [0.1, 0.15) is 41.6 Å². The number of nitrogens with one attached hydrogen (secondary N) is 3. The molecule has 0 saturated heterocycles. The first-order valence-corrected chi connectivity index (χ1v) is 10.0. The molecule has 0 aliphatic heterocycles. The zero-order valence-corrected chi connectivity index (χ0v) is 17.0. The summed E-state index contributed by atoms with van der Waals surface area (Å²) in [5.74, 6) is -0.0949. The van der Waals surface area contributed by atoms with E-state index in [2.05, 4.69) is 33.1 Å². The summed E-state index contributed by atoms with van der Waals surface area (Å²) in [6.07, 6.45) is 5.41. The molecular formula is C23H26FN5O. The normalized spacial score (nSPS) is 21.4. The van der Waals surface area contributed by atoms with Crippen LogP contribution in [0, 0.1) is 17.3 Å². The Morgan fingerprint density at radius 2 is 1.83 bits per heavy atom. The van der Waals surface area contributed by atoms with E-state index in [4.69, 9.17) is 5.26 Å². The van der Waals surface area contributed by atoms with Gasteiger partial charge in [0, 0.05) is 30.6 Å². The van der Waals surface area contributed by atoms with E-state index in [1.54, 1.807) is 7.05 Å². The van der Waals surface area contributed by atoms with Gasteiger partial charge >= 0.3 is 0 Å². The van der Waals surface area contributed by atoms with Crippen LogP contribution in [0.2, 0.25) is 0 Å². The molecule has 3 N–H and O–H groups in total. The van der Waals surface area contributed by atoms with E-state index in [9.17, 15) is 9.18 Å². The molecule has 0 bridgehead atoms. The summed E-state index contributed by atoms with van der Waals surface area (Å²) in [6, 6.07) is 16.0. The van der Waals surface area contributed by atoms with Crippen LogP contribution in [0.15, 0.2) is 59.6 Å². The monoisotopic (exact) mass is 407 g/mol. The minimum Gasteiger partial charge on any atom is -0.353 e. The molecule has 7 heteroatoms. The maximum atomic E-state index is 13.1. The third kappa shape index (κ3) is 5.15. The number of nitriles is 1. The van der Waals surface area contributed by atoms with Crippen LogP contribution in [0.3, 0.4) is 0 Å². The Morgan fingerprint density at radius 1 is 1.17 bits per heavy atom. The lowest BCUT2D eigenvalue weighted by Gasteiger charge is -2.41. The molecule has 1 fully saturated rings. The van der Waals surface area contributed by atoms with Gasteiger partial charge in [0.05, 0.1) is 0 Å². The van der Waals surface area contributed by atoms with Gasteiger partial charge in [0.1, 0.15) is 5.82 Å². The van der Waals surface area contributed by atoms with E-state index >= 15 is 0 Å². The molecule has 30 heavy (non-hydrogen) atoms. The average molecular weight is 407 g/mol. The van der Waals surface area contributed by atoms with Crippen molar-refractivity contribution in [1.29, 1.82) is 5.26 Å². The highest BCUT2D eigenvalue weighted by atomic mass is 19.1. The fraction of sp³-hybridized carbons (Fsp3) is 0.348. The molecule has 0 radical (unpaired) electrons. The fourth-order valence-electron chi connectivity index (χ4n) is 4.03. The number of guanidine groups is 1. The molecule has 2 aromatic carbocycles. The molecule has 0 aromatic heterocycles. The lowest BCUT2D eigenvalue weighted by atomic mass is 9.68. The van der Waals surface area contributed by atoms with E-state index in [-0.39, 0.29) is 23.2 Å². The molecule has 156 valence electrons. The Balaban J connectivity index is 1.70. The van der Waals surface area contributed by atoms with Gasteiger partial charge in [-0.3, -0.25) is 15.1 Å².